The van der Waals surface area contributed by atoms with Crippen molar-refractivity contribution in [2.45, 2.75) is 6.04 Å². The number of hydrogen-bond acceptors (Lipinski definition) is 6. The highest BCUT2D eigenvalue weighted by molar-refractivity contribution is 14.1. The second-order valence-corrected chi connectivity index (χ2v) is 5.36. The van der Waals surface area contributed by atoms with Gasteiger partial charge in [0.25, 0.3) is 5.69 Å². The Hall–Kier alpha value is -1.42. The maximum atomic E-state index is 11.8. The van der Waals surface area contributed by atoms with Gasteiger partial charge in [-0.25, -0.2) is 4.79 Å². The lowest BCUT2D eigenvalue weighted by molar-refractivity contribution is -0.384. The summed E-state index contributed by atoms with van der Waals surface area (Å²) in [7, 11) is 1.33. The molecule has 0 bridgehead atoms. The molecule has 8 heteroatoms. The third-order valence-electron chi connectivity index (χ3n) is 3.05. The van der Waals surface area contributed by atoms with Crippen LogP contribution in [0.15, 0.2) is 18.2 Å². The molecule has 0 amide bonds. The highest BCUT2D eigenvalue weighted by Crippen LogP contribution is 2.29. The van der Waals surface area contributed by atoms with E-state index in [2.05, 4.69) is 0 Å². The van der Waals surface area contributed by atoms with Gasteiger partial charge < -0.3 is 14.4 Å². The summed E-state index contributed by atoms with van der Waals surface area (Å²) in [6.07, 6.45) is 0. The third-order valence-corrected chi connectivity index (χ3v) is 3.92. The van der Waals surface area contributed by atoms with Crippen molar-refractivity contribution in [3.8, 4) is 0 Å². The van der Waals surface area contributed by atoms with Crippen LogP contribution in [0, 0.1) is 13.7 Å². The van der Waals surface area contributed by atoms with Crippen molar-refractivity contribution in [2.75, 3.05) is 31.8 Å². The van der Waals surface area contributed by atoms with Crippen molar-refractivity contribution in [1.82, 2.24) is 0 Å². The summed E-state index contributed by atoms with van der Waals surface area (Å²) in [5.41, 5.74) is 0.802. The molecule has 20 heavy (non-hydrogen) atoms. The minimum atomic E-state index is -0.524. The fraction of sp³-hybridized carbons (Fsp3) is 0.417. The molecule has 0 radical (unpaired) electrons. The number of non-ortho nitro benzene ring substituents is 1. The minimum Gasteiger partial charge on any atom is -0.467 e. The number of benzene rings is 1. The van der Waals surface area contributed by atoms with Gasteiger partial charge in [-0.3, -0.25) is 10.1 Å². The van der Waals surface area contributed by atoms with Crippen molar-refractivity contribution in [2.24, 2.45) is 0 Å². The lowest BCUT2D eigenvalue weighted by Gasteiger charge is -2.35. The Morgan fingerprint density at radius 3 is 2.95 bits per heavy atom. The fourth-order valence-corrected chi connectivity index (χ4v) is 2.87. The molecule has 0 spiro atoms. The molecule has 1 aromatic carbocycles. The average Bonchev–Trinajstić information content (AvgIpc) is 2.46. The van der Waals surface area contributed by atoms with Crippen molar-refractivity contribution < 1.29 is 19.2 Å². The number of nitro benzene ring substituents is 1. The number of esters is 1. The van der Waals surface area contributed by atoms with E-state index in [-0.39, 0.29) is 18.3 Å². The van der Waals surface area contributed by atoms with Crippen LogP contribution in [0.2, 0.25) is 0 Å². The summed E-state index contributed by atoms with van der Waals surface area (Å²) in [6.45, 7) is 1.29. The molecule has 0 saturated carbocycles. The molecule has 1 aliphatic rings. The molecular weight excluding hydrogens is 379 g/mol. The molecule has 1 fully saturated rings. The standard InChI is InChI=1S/C12H13IN2O5/c1-19-12(16)11-7-20-5-4-14(11)10-3-2-8(15(17)18)6-9(10)13/h2-3,6,11H,4-5,7H2,1H3. The SMILES string of the molecule is COC(=O)C1COCCN1c1ccc([N+](=O)[O-])cc1I. The zero-order chi connectivity index (χ0) is 14.7. The normalized spacial score (nSPS) is 18.7. The van der Waals surface area contributed by atoms with Crippen LogP contribution in [0.25, 0.3) is 0 Å². The Morgan fingerprint density at radius 2 is 2.35 bits per heavy atom. The minimum absolute atomic E-state index is 0.0287. The summed E-state index contributed by atoms with van der Waals surface area (Å²) in [4.78, 5) is 24.0. The number of nitrogens with zero attached hydrogens (tertiary/aromatic N) is 2. The molecule has 108 valence electrons. The predicted molar refractivity (Wildman–Crippen MR) is 79.8 cm³/mol. The molecule has 1 aliphatic heterocycles. The summed E-state index contributed by atoms with van der Waals surface area (Å²) >= 11 is 2.03. The van der Waals surface area contributed by atoms with Crippen molar-refractivity contribution >= 4 is 39.9 Å². The Balaban J connectivity index is 2.32. The smallest absolute Gasteiger partial charge is 0.330 e. The molecule has 1 heterocycles. The van der Waals surface area contributed by atoms with Gasteiger partial charge in [-0.05, 0) is 28.7 Å². The summed E-state index contributed by atoms with van der Waals surface area (Å²) in [5, 5.41) is 10.8. The summed E-state index contributed by atoms with van der Waals surface area (Å²) in [6, 6.07) is 4.05. The van der Waals surface area contributed by atoms with Crippen LogP contribution >= 0.6 is 22.6 Å². The highest BCUT2D eigenvalue weighted by Gasteiger charge is 2.31. The van der Waals surface area contributed by atoms with Gasteiger partial charge in [0.05, 0.1) is 30.9 Å². The van der Waals surface area contributed by atoms with E-state index in [1.165, 1.54) is 19.2 Å². The van der Waals surface area contributed by atoms with Gasteiger partial charge in [0.1, 0.15) is 0 Å². The van der Waals surface area contributed by atoms with E-state index in [0.29, 0.717) is 16.7 Å². The Bertz CT molecular complexity index is 537. The third kappa shape index (κ3) is 3.01. The van der Waals surface area contributed by atoms with Gasteiger partial charge >= 0.3 is 5.97 Å². The second-order valence-electron chi connectivity index (χ2n) is 4.20. The number of nitro groups is 1. The molecule has 0 N–H and O–H groups in total. The van der Waals surface area contributed by atoms with E-state index in [9.17, 15) is 14.9 Å². The van der Waals surface area contributed by atoms with Gasteiger partial charge in [-0.15, -0.1) is 0 Å². The number of hydrogen-bond donors (Lipinski definition) is 0. The van der Waals surface area contributed by atoms with E-state index in [1.54, 1.807) is 6.07 Å². The fourth-order valence-electron chi connectivity index (χ4n) is 2.07. The molecule has 1 saturated heterocycles. The first-order chi connectivity index (χ1) is 9.54. The monoisotopic (exact) mass is 392 g/mol. The van der Waals surface area contributed by atoms with Crippen LogP contribution in [-0.4, -0.2) is 43.8 Å². The number of methoxy groups -OCH3 is 1. The highest BCUT2D eigenvalue weighted by atomic mass is 127. The van der Waals surface area contributed by atoms with E-state index in [0.717, 1.165) is 5.69 Å². The zero-order valence-electron chi connectivity index (χ0n) is 10.7. The number of morpholine rings is 1. The van der Waals surface area contributed by atoms with Crippen LogP contribution in [0.1, 0.15) is 0 Å². The number of carbonyl (C=O) groups excluding carboxylic acids is 1. The molecule has 2 rings (SSSR count). The first kappa shape index (κ1) is 15.0. The van der Waals surface area contributed by atoms with E-state index >= 15 is 0 Å². The lowest BCUT2D eigenvalue weighted by atomic mass is 10.2. The average molecular weight is 392 g/mol. The largest absolute Gasteiger partial charge is 0.467 e. The number of rotatable bonds is 3. The number of anilines is 1. The van der Waals surface area contributed by atoms with Crippen LogP contribution in [0.5, 0.6) is 0 Å². The van der Waals surface area contributed by atoms with E-state index < -0.39 is 11.0 Å². The molecule has 7 nitrogen and oxygen atoms in total. The number of ether oxygens (including phenoxy) is 2. The molecular formula is C12H13IN2O5. The number of halogens is 1. The van der Waals surface area contributed by atoms with E-state index in [4.69, 9.17) is 9.47 Å². The zero-order valence-corrected chi connectivity index (χ0v) is 12.9. The van der Waals surface area contributed by atoms with E-state index in [1.807, 2.05) is 27.5 Å². The Kier molecular flexibility index (Phi) is 4.76. The Morgan fingerprint density at radius 1 is 1.60 bits per heavy atom. The van der Waals surface area contributed by atoms with Crippen LogP contribution in [0.4, 0.5) is 11.4 Å². The van der Waals surface area contributed by atoms with Gasteiger partial charge in [0.15, 0.2) is 6.04 Å². The first-order valence-corrected chi connectivity index (χ1v) is 6.98. The Labute approximate surface area is 129 Å². The van der Waals surface area contributed by atoms with Crippen molar-refractivity contribution in [3.05, 3.63) is 31.9 Å². The lowest BCUT2D eigenvalue weighted by Crippen LogP contribution is -2.50. The quantitative estimate of drug-likeness (QED) is 0.336. The summed E-state index contributed by atoms with van der Waals surface area (Å²) < 4.78 is 10.8. The molecule has 1 aromatic rings. The van der Waals surface area contributed by atoms with Gasteiger partial charge in [-0.2, -0.15) is 0 Å². The predicted octanol–water partition coefficient (Wildman–Crippen LogP) is 1.58. The van der Waals surface area contributed by atoms with Crippen LogP contribution in [-0.2, 0) is 14.3 Å². The van der Waals surface area contributed by atoms with Gasteiger partial charge in [0.2, 0.25) is 0 Å². The van der Waals surface area contributed by atoms with Gasteiger partial charge in [-0.1, -0.05) is 0 Å². The number of carbonyl (C=O) groups is 1. The molecule has 0 aromatic heterocycles. The maximum absolute atomic E-state index is 11.8. The first-order valence-electron chi connectivity index (χ1n) is 5.90. The van der Waals surface area contributed by atoms with Crippen molar-refractivity contribution in [3.63, 3.8) is 0 Å². The molecule has 1 unspecified atom stereocenters. The second kappa shape index (κ2) is 6.35. The van der Waals surface area contributed by atoms with Crippen LogP contribution in [0.3, 0.4) is 0 Å². The molecule has 0 aliphatic carbocycles. The van der Waals surface area contributed by atoms with Crippen LogP contribution < -0.4 is 4.90 Å². The van der Waals surface area contributed by atoms with Crippen molar-refractivity contribution in [1.29, 1.82) is 0 Å². The topological polar surface area (TPSA) is 81.9 Å². The molecule has 1 atom stereocenters. The van der Waals surface area contributed by atoms with Gasteiger partial charge in [0, 0.05) is 22.2 Å². The summed E-state index contributed by atoms with van der Waals surface area (Å²) in [5.74, 6) is -0.376. The maximum Gasteiger partial charge on any atom is 0.330 e.